The third kappa shape index (κ3) is 4.57. The first-order chi connectivity index (χ1) is 14.7. The lowest BCUT2D eigenvalue weighted by Crippen LogP contribution is -2.34. The van der Waals surface area contributed by atoms with Gasteiger partial charge in [-0.1, -0.05) is 32.1 Å². The molecule has 2 aliphatic rings. The number of sulfonamides is 1. The van der Waals surface area contributed by atoms with E-state index in [1.165, 1.54) is 21.3 Å². The third-order valence-corrected chi connectivity index (χ3v) is 8.03. The molecule has 2 atom stereocenters. The summed E-state index contributed by atoms with van der Waals surface area (Å²) in [5.74, 6) is -1.44. The Morgan fingerprint density at radius 1 is 1.10 bits per heavy atom. The second-order valence-electron chi connectivity index (χ2n) is 7.85. The number of nitrogens with zero attached hydrogens (tertiary/aromatic N) is 2. The van der Waals surface area contributed by atoms with Gasteiger partial charge in [-0.2, -0.15) is 4.31 Å². The number of likely N-dealkylation sites (tertiary alicyclic amines) is 1. The van der Waals surface area contributed by atoms with Crippen LogP contribution in [0.25, 0.3) is 0 Å². The maximum Gasteiger partial charge on any atom is 0.243 e. The van der Waals surface area contributed by atoms with Gasteiger partial charge in [-0.05, 0) is 37.5 Å². The van der Waals surface area contributed by atoms with Crippen molar-refractivity contribution in [2.24, 2.45) is 11.8 Å². The van der Waals surface area contributed by atoms with E-state index >= 15 is 0 Å². The molecular formula is C22H29N3O5S. The summed E-state index contributed by atoms with van der Waals surface area (Å²) in [7, 11) is -3.65. The summed E-state index contributed by atoms with van der Waals surface area (Å²) < 4.78 is 26.9. The van der Waals surface area contributed by atoms with E-state index in [-0.39, 0.29) is 47.4 Å². The molecule has 1 aliphatic carbocycles. The Bertz CT molecular complexity index is 988. The molecule has 8 nitrogen and oxygen atoms in total. The van der Waals surface area contributed by atoms with E-state index in [0.29, 0.717) is 31.6 Å². The maximum absolute atomic E-state index is 12.8. The van der Waals surface area contributed by atoms with Crippen LogP contribution < -0.4 is 5.32 Å². The molecule has 1 N–H and O–H groups in total. The van der Waals surface area contributed by atoms with Crippen molar-refractivity contribution in [3.8, 4) is 0 Å². The predicted octanol–water partition coefficient (Wildman–Crippen LogP) is 2.31. The molecule has 0 spiro atoms. The number of nitrogens with one attached hydrogen (secondary N) is 1. The second kappa shape index (κ2) is 9.32. The van der Waals surface area contributed by atoms with E-state index in [2.05, 4.69) is 5.32 Å². The summed E-state index contributed by atoms with van der Waals surface area (Å²) >= 11 is 0. The maximum atomic E-state index is 12.8. The van der Waals surface area contributed by atoms with Crippen LogP contribution in [0, 0.1) is 18.8 Å². The van der Waals surface area contributed by atoms with E-state index in [1.807, 2.05) is 12.2 Å². The molecule has 1 heterocycles. The fourth-order valence-corrected chi connectivity index (χ4v) is 5.61. The highest BCUT2D eigenvalue weighted by atomic mass is 32.2. The number of anilines is 1. The lowest BCUT2D eigenvalue weighted by Gasteiger charge is -2.19. The van der Waals surface area contributed by atoms with Crippen LogP contribution in [0.1, 0.15) is 38.7 Å². The Labute approximate surface area is 183 Å². The van der Waals surface area contributed by atoms with Gasteiger partial charge in [0.25, 0.3) is 0 Å². The van der Waals surface area contributed by atoms with E-state index in [1.54, 1.807) is 26.8 Å². The van der Waals surface area contributed by atoms with Gasteiger partial charge < -0.3 is 5.32 Å². The van der Waals surface area contributed by atoms with E-state index in [9.17, 15) is 22.8 Å². The van der Waals surface area contributed by atoms with Crippen LogP contribution in [0.3, 0.4) is 0 Å². The average molecular weight is 448 g/mol. The average Bonchev–Trinajstić information content (AvgIpc) is 2.99. The molecule has 0 aromatic heterocycles. The molecule has 3 rings (SSSR count). The normalized spacial score (nSPS) is 21.0. The SMILES string of the molecule is CCN(CC)S(=O)(=O)c1ccc(C)c(NC(=O)CCN2C(=O)[C@@H]3CC=CC[C@H]3C2=O)c1. The molecule has 0 saturated carbocycles. The van der Waals surface area contributed by atoms with Gasteiger partial charge in [-0.25, -0.2) is 8.42 Å². The van der Waals surface area contributed by atoms with Gasteiger partial charge >= 0.3 is 0 Å². The smallest absolute Gasteiger partial charge is 0.243 e. The number of hydrogen-bond acceptors (Lipinski definition) is 5. The van der Waals surface area contributed by atoms with Crippen molar-refractivity contribution in [2.75, 3.05) is 25.0 Å². The molecule has 9 heteroatoms. The summed E-state index contributed by atoms with van der Waals surface area (Å²) in [6, 6.07) is 4.63. The highest BCUT2D eigenvalue weighted by molar-refractivity contribution is 7.89. The van der Waals surface area contributed by atoms with Crippen molar-refractivity contribution in [2.45, 2.75) is 44.9 Å². The van der Waals surface area contributed by atoms with Gasteiger partial charge in [0, 0.05) is 31.7 Å². The minimum absolute atomic E-state index is 0.0208. The topological polar surface area (TPSA) is 104 Å². The molecular weight excluding hydrogens is 418 g/mol. The first-order valence-corrected chi connectivity index (χ1v) is 12.1. The number of amides is 3. The summed E-state index contributed by atoms with van der Waals surface area (Å²) in [5.41, 5.74) is 1.12. The number of carbonyl (C=O) groups excluding carboxylic acids is 3. The first-order valence-electron chi connectivity index (χ1n) is 10.6. The molecule has 168 valence electrons. The van der Waals surface area contributed by atoms with Crippen molar-refractivity contribution >= 4 is 33.4 Å². The zero-order valence-corrected chi connectivity index (χ0v) is 18.9. The highest BCUT2D eigenvalue weighted by Gasteiger charge is 2.46. The van der Waals surface area contributed by atoms with Crippen molar-refractivity contribution in [3.05, 3.63) is 35.9 Å². The fraction of sp³-hybridized carbons (Fsp3) is 0.500. The Morgan fingerprint density at radius 2 is 1.68 bits per heavy atom. The molecule has 3 amide bonds. The monoisotopic (exact) mass is 447 g/mol. The van der Waals surface area contributed by atoms with Crippen molar-refractivity contribution in [3.63, 3.8) is 0 Å². The van der Waals surface area contributed by atoms with Gasteiger partial charge in [0.1, 0.15) is 0 Å². The number of rotatable bonds is 8. The van der Waals surface area contributed by atoms with E-state index < -0.39 is 10.0 Å². The number of aryl methyl sites for hydroxylation is 1. The van der Waals surface area contributed by atoms with Crippen LogP contribution in [0.4, 0.5) is 5.69 Å². The number of benzene rings is 1. The zero-order valence-electron chi connectivity index (χ0n) is 18.1. The number of fused-ring (bicyclic) bond motifs is 1. The summed E-state index contributed by atoms with van der Waals surface area (Å²) in [6.45, 7) is 6.03. The van der Waals surface area contributed by atoms with Gasteiger partial charge in [0.2, 0.25) is 27.7 Å². The van der Waals surface area contributed by atoms with Gasteiger partial charge in [0.15, 0.2) is 0 Å². The standard InChI is InChI=1S/C22H29N3O5S/c1-4-24(5-2)31(29,30)16-11-10-15(3)19(14-16)23-20(26)12-13-25-21(27)17-8-6-7-9-18(17)22(25)28/h6-7,10-11,14,17-18H,4-5,8-9,12-13H2,1-3H3,(H,23,26)/t17-,18-/m1/s1. The molecule has 1 fully saturated rings. The van der Waals surface area contributed by atoms with E-state index in [4.69, 9.17) is 0 Å². The van der Waals surface area contributed by atoms with Crippen LogP contribution in [0.5, 0.6) is 0 Å². The predicted molar refractivity (Wildman–Crippen MR) is 117 cm³/mol. The number of allylic oxidation sites excluding steroid dienone is 2. The summed E-state index contributed by atoms with van der Waals surface area (Å²) in [6.07, 6.45) is 4.92. The third-order valence-electron chi connectivity index (χ3n) is 5.99. The van der Waals surface area contributed by atoms with Crippen molar-refractivity contribution < 1.29 is 22.8 Å². The van der Waals surface area contributed by atoms with Gasteiger partial charge in [-0.15, -0.1) is 0 Å². The number of hydrogen-bond donors (Lipinski definition) is 1. The summed E-state index contributed by atoms with van der Waals surface area (Å²) in [4.78, 5) is 38.9. The van der Waals surface area contributed by atoms with Crippen LogP contribution in [-0.4, -0.2) is 55.0 Å². The van der Waals surface area contributed by atoms with Crippen LogP contribution in [-0.2, 0) is 24.4 Å². The largest absolute Gasteiger partial charge is 0.326 e. The van der Waals surface area contributed by atoms with E-state index in [0.717, 1.165) is 5.56 Å². The quantitative estimate of drug-likeness (QED) is 0.486. The lowest BCUT2D eigenvalue weighted by atomic mass is 9.85. The Hall–Kier alpha value is -2.52. The molecule has 31 heavy (non-hydrogen) atoms. The molecule has 1 saturated heterocycles. The van der Waals surface area contributed by atoms with Crippen LogP contribution >= 0.6 is 0 Å². The molecule has 1 aliphatic heterocycles. The van der Waals surface area contributed by atoms with Gasteiger partial charge in [-0.3, -0.25) is 19.3 Å². The molecule has 1 aromatic carbocycles. The minimum atomic E-state index is -3.65. The Morgan fingerprint density at radius 3 is 2.23 bits per heavy atom. The number of imide groups is 1. The van der Waals surface area contributed by atoms with Crippen LogP contribution in [0.2, 0.25) is 0 Å². The van der Waals surface area contributed by atoms with Crippen molar-refractivity contribution in [1.82, 2.24) is 9.21 Å². The fourth-order valence-electron chi connectivity index (χ4n) is 4.12. The molecule has 0 bridgehead atoms. The van der Waals surface area contributed by atoms with Crippen molar-refractivity contribution in [1.29, 1.82) is 0 Å². The second-order valence-corrected chi connectivity index (χ2v) is 9.79. The lowest BCUT2D eigenvalue weighted by molar-refractivity contribution is -0.140. The zero-order chi connectivity index (χ0) is 22.8. The first kappa shape index (κ1) is 23.1. The van der Waals surface area contributed by atoms with Gasteiger partial charge in [0.05, 0.1) is 16.7 Å². The molecule has 1 aromatic rings. The minimum Gasteiger partial charge on any atom is -0.326 e. The summed E-state index contributed by atoms with van der Waals surface area (Å²) in [5, 5.41) is 2.73. The Kier molecular flexibility index (Phi) is 6.96. The van der Waals surface area contributed by atoms with Crippen LogP contribution in [0.15, 0.2) is 35.2 Å². The molecule has 0 radical (unpaired) electrons. The number of carbonyl (C=O) groups is 3. The Balaban J connectivity index is 1.67. The highest BCUT2D eigenvalue weighted by Crippen LogP contribution is 2.35. The molecule has 0 unspecified atom stereocenters.